The number of carbonyl (C=O) groups excluding carboxylic acids is 3. The lowest BCUT2D eigenvalue weighted by Gasteiger charge is -2.36. The Hall–Kier alpha value is -4.18. The van der Waals surface area contributed by atoms with Crippen molar-refractivity contribution in [3.05, 3.63) is 127 Å². The molecule has 0 saturated carbocycles. The van der Waals surface area contributed by atoms with E-state index in [1.54, 1.807) is 57.2 Å². The molecule has 2 aliphatic rings. The largest absolute Gasteiger partial charge is 0.508 e. The van der Waals surface area contributed by atoms with Gasteiger partial charge in [0.2, 0.25) is 0 Å². The standard InChI is InChI=1S/C41H29I4NO12.C2H8N2/c1-40(2,3)58-39(53)46-31(36(49)50)12-18-10-27(42)34(28(43)11-18)54-22-16-29(44)35(30(45)17-22)56-37(51)19-4-7-23-26(13-19)41(57-38(23)52)24-8-5-20(47)14-32(24)55-33-15-21(48)6-9-25(33)41;3-1-2-4/h4-11,13-17,31,47-48H,12H2,1-3H3,(H,46,53)(H,49,50);1-4H2/t31-;/m1./s1. The van der Waals surface area contributed by atoms with Gasteiger partial charge < -0.3 is 55.8 Å². The van der Waals surface area contributed by atoms with Crippen LogP contribution in [0, 0.1) is 14.3 Å². The molecular weight excluding hydrogens is 1260 g/mol. The number of amides is 1. The van der Waals surface area contributed by atoms with Gasteiger partial charge in [-0.15, -0.1) is 0 Å². The van der Waals surface area contributed by atoms with Gasteiger partial charge in [-0.1, -0.05) is 0 Å². The molecule has 5 aromatic carbocycles. The highest BCUT2D eigenvalue weighted by atomic mass is 127. The molecule has 19 heteroatoms. The summed E-state index contributed by atoms with van der Waals surface area (Å²) in [5.74, 6) is -1.03. The number of nitrogens with two attached hydrogens (primary N) is 2. The zero-order valence-electron chi connectivity index (χ0n) is 32.9. The quantitative estimate of drug-likeness (QED) is 0.0461. The Labute approximate surface area is 409 Å². The lowest BCUT2D eigenvalue weighted by molar-refractivity contribution is -0.139. The second kappa shape index (κ2) is 19.3. The summed E-state index contributed by atoms with van der Waals surface area (Å²) in [6, 6.07) is 19.1. The number of phenolic OH excluding ortho intramolecular Hbond substituents is 2. The molecule has 2 aliphatic heterocycles. The fourth-order valence-corrected chi connectivity index (χ4v) is 10.6. The zero-order chi connectivity index (χ0) is 45.3. The molecule has 1 atom stereocenters. The van der Waals surface area contributed by atoms with Gasteiger partial charge in [0.15, 0.2) is 17.1 Å². The fourth-order valence-electron chi connectivity index (χ4n) is 6.50. The number of phenols is 2. The number of esters is 2. The summed E-state index contributed by atoms with van der Waals surface area (Å²) in [6.07, 6.45) is -0.818. The molecular formula is C43H37I4N3O12. The van der Waals surface area contributed by atoms with Gasteiger partial charge in [-0.05, 0) is 183 Å². The highest BCUT2D eigenvalue weighted by Gasteiger charge is 2.54. The molecule has 62 heavy (non-hydrogen) atoms. The summed E-state index contributed by atoms with van der Waals surface area (Å²) in [6.45, 7) is 6.26. The van der Waals surface area contributed by atoms with Crippen molar-refractivity contribution in [3.63, 3.8) is 0 Å². The van der Waals surface area contributed by atoms with E-state index in [2.05, 4.69) is 50.5 Å². The van der Waals surface area contributed by atoms with Crippen LogP contribution in [0.2, 0.25) is 0 Å². The van der Waals surface area contributed by atoms with Gasteiger partial charge in [-0.2, -0.15) is 0 Å². The van der Waals surface area contributed by atoms with Crippen molar-refractivity contribution in [3.8, 4) is 40.2 Å². The molecule has 5 aromatic rings. The molecule has 8 N–H and O–H groups in total. The van der Waals surface area contributed by atoms with E-state index in [4.69, 9.17) is 35.2 Å². The smallest absolute Gasteiger partial charge is 0.408 e. The van der Waals surface area contributed by atoms with E-state index in [1.165, 1.54) is 42.5 Å². The summed E-state index contributed by atoms with van der Waals surface area (Å²) in [5, 5.41) is 32.7. The lowest BCUT2D eigenvalue weighted by atomic mass is 9.77. The van der Waals surface area contributed by atoms with Gasteiger partial charge in [-0.3, -0.25) is 0 Å². The summed E-state index contributed by atoms with van der Waals surface area (Å²) in [5.41, 5.74) is 9.66. The van der Waals surface area contributed by atoms with Gasteiger partial charge in [0.25, 0.3) is 0 Å². The third-order valence-corrected chi connectivity index (χ3v) is 12.3. The Morgan fingerprint density at radius 3 is 1.84 bits per heavy atom. The van der Waals surface area contributed by atoms with Crippen molar-refractivity contribution >= 4 is 114 Å². The van der Waals surface area contributed by atoms with Crippen LogP contribution in [-0.2, 0) is 26.3 Å². The Kier molecular flexibility index (Phi) is 14.7. The predicted molar refractivity (Wildman–Crippen MR) is 259 cm³/mol. The Morgan fingerprint density at radius 1 is 0.774 bits per heavy atom. The lowest BCUT2D eigenvalue weighted by Crippen LogP contribution is -2.44. The number of hydrogen-bond donors (Lipinski definition) is 6. The summed E-state index contributed by atoms with van der Waals surface area (Å²) in [7, 11) is 0. The first-order valence-electron chi connectivity index (χ1n) is 18.5. The number of carboxylic acid groups (broad SMARTS) is 1. The first kappa shape index (κ1) is 47.3. The number of nitrogens with one attached hydrogen (secondary N) is 1. The second-order valence-corrected chi connectivity index (χ2v) is 19.4. The highest BCUT2D eigenvalue weighted by Crippen LogP contribution is 2.57. The number of aromatic hydroxyl groups is 2. The van der Waals surface area contributed by atoms with Crippen molar-refractivity contribution in [2.75, 3.05) is 13.1 Å². The Morgan fingerprint density at radius 2 is 1.32 bits per heavy atom. The molecule has 1 amide bonds. The fraction of sp³-hybridized carbons (Fsp3) is 0.209. The number of fused-ring (bicyclic) bond motifs is 6. The van der Waals surface area contributed by atoms with E-state index in [-0.39, 0.29) is 46.3 Å². The molecule has 0 aliphatic carbocycles. The average Bonchev–Trinajstić information content (AvgIpc) is 3.47. The molecule has 0 bridgehead atoms. The van der Waals surface area contributed by atoms with Crippen LogP contribution in [-0.4, -0.2) is 64.1 Å². The van der Waals surface area contributed by atoms with Crippen LogP contribution < -0.4 is 31.0 Å². The molecule has 324 valence electrons. The van der Waals surface area contributed by atoms with E-state index in [9.17, 15) is 34.5 Å². The Bertz CT molecular complexity index is 2520. The minimum atomic E-state index is -1.56. The van der Waals surface area contributed by atoms with Gasteiger partial charge in [0, 0.05) is 48.3 Å². The number of halogens is 4. The predicted octanol–water partition coefficient (Wildman–Crippen LogP) is 8.52. The van der Waals surface area contributed by atoms with Crippen LogP contribution in [0.25, 0.3) is 0 Å². The third-order valence-electron chi connectivity index (χ3n) is 9.05. The number of benzene rings is 5. The zero-order valence-corrected chi connectivity index (χ0v) is 41.5. The molecule has 2 heterocycles. The SMILES string of the molecule is CC(C)(C)OC(=O)N[C@H](Cc1cc(I)c(Oc2cc(I)c(OC(=O)c3ccc4c(c3)C3(OC4=O)c4ccc(O)cc4Oc4cc(O)ccc43)c(I)c2)c(I)c1)C(=O)O.NCCN. The topological polar surface area (TPSA) is 239 Å². The third kappa shape index (κ3) is 10.3. The maximum Gasteiger partial charge on any atom is 0.408 e. The number of alkyl carbamates (subject to hydrolysis) is 1. The number of aliphatic carboxylic acids is 1. The molecule has 0 unspecified atom stereocenters. The van der Waals surface area contributed by atoms with Crippen LogP contribution >= 0.6 is 90.4 Å². The summed E-state index contributed by atoms with van der Waals surface area (Å²) in [4.78, 5) is 51.5. The maximum absolute atomic E-state index is 13.8. The molecule has 0 fully saturated rings. The number of hydrogen-bond acceptors (Lipinski definition) is 13. The molecule has 15 nitrogen and oxygen atoms in total. The minimum Gasteiger partial charge on any atom is -0.508 e. The highest BCUT2D eigenvalue weighted by molar-refractivity contribution is 14.1. The van der Waals surface area contributed by atoms with Crippen molar-refractivity contribution in [1.29, 1.82) is 0 Å². The Balaban J connectivity index is 0.00000154. The van der Waals surface area contributed by atoms with Crippen LogP contribution in [0.4, 0.5) is 4.79 Å². The monoisotopic (exact) mass is 1290 g/mol. The van der Waals surface area contributed by atoms with E-state index < -0.39 is 41.2 Å². The van der Waals surface area contributed by atoms with E-state index in [1.807, 2.05) is 45.2 Å². The molecule has 0 aromatic heterocycles. The van der Waals surface area contributed by atoms with Crippen molar-refractivity contribution in [1.82, 2.24) is 5.32 Å². The van der Waals surface area contributed by atoms with Gasteiger partial charge in [-0.25, -0.2) is 19.2 Å². The van der Waals surface area contributed by atoms with E-state index >= 15 is 0 Å². The molecule has 7 rings (SSSR count). The van der Waals surface area contributed by atoms with Crippen LogP contribution in [0.15, 0.2) is 78.9 Å². The number of rotatable bonds is 9. The average molecular weight is 1300 g/mol. The van der Waals surface area contributed by atoms with E-state index in [0.717, 1.165) is 0 Å². The van der Waals surface area contributed by atoms with Crippen LogP contribution in [0.5, 0.6) is 40.2 Å². The number of carboxylic acids is 1. The van der Waals surface area contributed by atoms with Gasteiger partial charge in [0.05, 0.1) is 25.4 Å². The van der Waals surface area contributed by atoms with Gasteiger partial charge >= 0.3 is 24.0 Å². The number of ether oxygens (including phenoxy) is 5. The van der Waals surface area contributed by atoms with Crippen molar-refractivity contribution in [2.24, 2.45) is 11.5 Å². The van der Waals surface area contributed by atoms with Gasteiger partial charge in [0.1, 0.15) is 40.4 Å². The van der Waals surface area contributed by atoms with E-state index in [0.29, 0.717) is 61.1 Å². The molecule has 0 saturated heterocycles. The molecule has 1 spiro atoms. The van der Waals surface area contributed by atoms with Crippen molar-refractivity contribution in [2.45, 2.75) is 44.4 Å². The normalized spacial score (nSPS) is 13.5. The summed E-state index contributed by atoms with van der Waals surface area (Å²) >= 11 is 8.30. The number of carbonyl (C=O) groups is 4. The second-order valence-electron chi connectivity index (χ2n) is 14.7. The maximum atomic E-state index is 13.8. The van der Waals surface area contributed by atoms with Crippen LogP contribution in [0.3, 0.4) is 0 Å². The first-order valence-corrected chi connectivity index (χ1v) is 22.8. The minimum absolute atomic E-state index is 0.00929. The van der Waals surface area contributed by atoms with Crippen LogP contribution in [0.1, 0.15) is 63.7 Å². The molecule has 0 radical (unpaired) electrons. The van der Waals surface area contributed by atoms with Crippen molar-refractivity contribution < 1.29 is 58.2 Å². The first-order chi connectivity index (χ1) is 29.2. The summed E-state index contributed by atoms with van der Waals surface area (Å²) < 4.78 is 32.2.